The molecule has 1 saturated carbocycles. The van der Waals surface area contributed by atoms with Crippen molar-refractivity contribution in [3.05, 3.63) is 64.2 Å². The minimum atomic E-state index is -0.0180. The van der Waals surface area contributed by atoms with Crippen LogP contribution in [0.1, 0.15) is 29.5 Å². The maximum absolute atomic E-state index is 13.1. The molecule has 0 spiro atoms. The molecule has 2 aliphatic rings. The van der Waals surface area contributed by atoms with E-state index in [0.29, 0.717) is 18.1 Å². The van der Waals surface area contributed by atoms with Gasteiger partial charge in [0.2, 0.25) is 0 Å². The van der Waals surface area contributed by atoms with Gasteiger partial charge in [-0.3, -0.25) is 9.69 Å². The number of amides is 1. The third kappa shape index (κ3) is 6.25. The fourth-order valence-electron chi connectivity index (χ4n) is 4.27. The van der Waals surface area contributed by atoms with E-state index in [0.717, 1.165) is 43.3 Å². The highest BCUT2D eigenvalue weighted by molar-refractivity contribution is 6.31. The van der Waals surface area contributed by atoms with Gasteiger partial charge in [-0.25, -0.2) is 0 Å². The zero-order valence-electron chi connectivity index (χ0n) is 19.2. The van der Waals surface area contributed by atoms with Crippen LogP contribution in [0, 0.1) is 5.92 Å². The van der Waals surface area contributed by atoms with Crippen molar-refractivity contribution in [1.82, 2.24) is 14.7 Å². The maximum atomic E-state index is 13.1. The van der Waals surface area contributed by atoms with E-state index < -0.39 is 0 Å². The van der Waals surface area contributed by atoms with E-state index in [4.69, 9.17) is 16.3 Å². The second kappa shape index (κ2) is 10.7. The zero-order chi connectivity index (χ0) is 22.5. The molecular weight excluding hydrogens is 422 g/mol. The molecule has 172 valence electrons. The molecule has 1 aliphatic carbocycles. The first-order valence-electron chi connectivity index (χ1n) is 11.6. The molecule has 1 aliphatic heterocycles. The Kier molecular flexibility index (Phi) is 7.71. The van der Waals surface area contributed by atoms with Gasteiger partial charge in [-0.2, -0.15) is 0 Å². The number of hydrogen-bond donors (Lipinski definition) is 0. The van der Waals surface area contributed by atoms with Crippen LogP contribution >= 0.6 is 11.6 Å². The Morgan fingerprint density at radius 2 is 1.94 bits per heavy atom. The average Bonchev–Trinajstić information content (AvgIpc) is 3.59. The molecule has 4 rings (SSSR count). The number of fused-ring (bicyclic) bond motifs is 1. The molecule has 0 atom stereocenters. The summed E-state index contributed by atoms with van der Waals surface area (Å²) in [5.74, 6) is 1.74. The second-order valence-corrected chi connectivity index (χ2v) is 9.73. The molecule has 0 N–H and O–H groups in total. The Morgan fingerprint density at radius 3 is 2.69 bits per heavy atom. The number of rotatable bonds is 10. The quantitative estimate of drug-likeness (QED) is 0.541. The highest BCUT2D eigenvalue weighted by Crippen LogP contribution is 2.33. The number of hydrogen-bond acceptors (Lipinski definition) is 4. The van der Waals surface area contributed by atoms with Crippen LogP contribution in [0.15, 0.2) is 42.5 Å². The molecule has 2 aromatic rings. The molecule has 1 amide bonds. The Labute approximate surface area is 196 Å². The van der Waals surface area contributed by atoms with Crippen molar-refractivity contribution in [1.29, 1.82) is 0 Å². The van der Waals surface area contributed by atoms with Crippen LogP contribution in [0.3, 0.4) is 0 Å². The largest absolute Gasteiger partial charge is 0.483 e. The fraction of sp³-hybridized carbons (Fsp3) is 0.500. The summed E-state index contributed by atoms with van der Waals surface area (Å²) in [7, 11) is 4.02. The summed E-state index contributed by atoms with van der Waals surface area (Å²) in [4.78, 5) is 19.6. The van der Waals surface area contributed by atoms with E-state index in [-0.39, 0.29) is 12.5 Å². The summed E-state index contributed by atoms with van der Waals surface area (Å²) >= 11 is 6.35. The van der Waals surface area contributed by atoms with Crippen LogP contribution in [-0.4, -0.2) is 67.5 Å². The van der Waals surface area contributed by atoms with Crippen molar-refractivity contribution in [2.75, 3.05) is 46.9 Å². The molecule has 1 fully saturated rings. The molecule has 6 heteroatoms. The van der Waals surface area contributed by atoms with Crippen LogP contribution in [0.5, 0.6) is 5.75 Å². The minimum Gasteiger partial charge on any atom is -0.483 e. The van der Waals surface area contributed by atoms with Gasteiger partial charge in [0.25, 0.3) is 5.91 Å². The van der Waals surface area contributed by atoms with Crippen LogP contribution in [0.4, 0.5) is 0 Å². The van der Waals surface area contributed by atoms with Gasteiger partial charge in [0.15, 0.2) is 6.61 Å². The summed E-state index contributed by atoms with van der Waals surface area (Å²) in [6.07, 6.45) is 3.75. The molecule has 1 heterocycles. The van der Waals surface area contributed by atoms with E-state index in [2.05, 4.69) is 15.9 Å². The van der Waals surface area contributed by atoms with Crippen molar-refractivity contribution in [3.63, 3.8) is 0 Å². The lowest BCUT2D eigenvalue weighted by Gasteiger charge is -2.30. The van der Waals surface area contributed by atoms with Gasteiger partial charge in [-0.1, -0.05) is 41.9 Å². The molecular formula is C26H34ClN3O2. The Morgan fingerprint density at radius 1 is 1.12 bits per heavy atom. The molecule has 0 bridgehead atoms. The van der Waals surface area contributed by atoms with Crippen LogP contribution in [0.25, 0.3) is 0 Å². The lowest BCUT2D eigenvalue weighted by atomic mass is 9.98. The molecule has 0 unspecified atom stereocenters. The smallest absolute Gasteiger partial charge is 0.260 e. The van der Waals surface area contributed by atoms with Gasteiger partial charge in [0.05, 0.1) is 0 Å². The van der Waals surface area contributed by atoms with Crippen molar-refractivity contribution in [2.45, 2.75) is 32.4 Å². The summed E-state index contributed by atoms with van der Waals surface area (Å²) in [5, 5.41) is 0.684. The number of ether oxygens (including phenoxy) is 1. The lowest BCUT2D eigenvalue weighted by Crippen LogP contribution is -2.39. The average molecular weight is 456 g/mol. The third-order valence-corrected chi connectivity index (χ3v) is 6.72. The molecule has 0 radical (unpaired) electrons. The van der Waals surface area contributed by atoms with E-state index in [9.17, 15) is 4.79 Å². The first-order chi connectivity index (χ1) is 15.5. The summed E-state index contributed by atoms with van der Waals surface area (Å²) in [5.41, 5.74) is 3.55. The normalized spacial score (nSPS) is 16.1. The predicted molar refractivity (Wildman–Crippen MR) is 129 cm³/mol. The highest BCUT2D eigenvalue weighted by atomic mass is 35.5. The first-order valence-corrected chi connectivity index (χ1v) is 12.0. The standard InChI is InChI=1S/C26H34ClN3O2/c1-28(2)14-15-30(18-22-6-3-4-8-24(22)27)26(31)19-32-25-9-5-7-21-17-29(13-12-23(21)25)16-20-10-11-20/h3-9,20H,10-19H2,1-2H3. The molecule has 0 aromatic heterocycles. The first kappa shape index (κ1) is 23.1. The predicted octanol–water partition coefficient (Wildman–Crippen LogP) is 4.08. The summed E-state index contributed by atoms with van der Waals surface area (Å²) < 4.78 is 6.09. The lowest BCUT2D eigenvalue weighted by molar-refractivity contribution is -0.134. The van der Waals surface area contributed by atoms with Crippen molar-refractivity contribution in [3.8, 4) is 5.75 Å². The van der Waals surface area contributed by atoms with Crippen molar-refractivity contribution < 1.29 is 9.53 Å². The zero-order valence-corrected chi connectivity index (χ0v) is 20.0. The Balaban J connectivity index is 1.39. The number of halogens is 1. The van der Waals surface area contributed by atoms with Crippen LogP contribution in [-0.2, 0) is 24.3 Å². The number of carbonyl (C=O) groups is 1. The number of carbonyl (C=O) groups excluding carboxylic acids is 1. The number of nitrogens with zero attached hydrogens (tertiary/aromatic N) is 3. The Hall–Kier alpha value is -2.08. The summed E-state index contributed by atoms with van der Waals surface area (Å²) in [6.45, 7) is 5.21. The monoisotopic (exact) mass is 455 g/mol. The van der Waals surface area contributed by atoms with Gasteiger partial charge in [0.1, 0.15) is 5.75 Å². The van der Waals surface area contributed by atoms with Crippen LogP contribution in [0.2, 0.25) is 5.02 Å². The molecule has 0 saturated heterocycles. The minimum absolute atomic E-state index is 0.0180. The van der Waals surface area contributed by atoms with Gasteiger partial charge in [0, 0.05) is 44.3 Å². The maximum Gasteiger partial charge on any atom is 0.260 e. The fourth-order valence-corrected chi connectivity index (χ4v) is 4.46. The van der Waals surface area contributed by atoms with Crippen molar-refractivity contribution in [2.24, 2.45) is 5.92 Å². The van der Waals surface area contributed by atoms with E-state index in [1.54, 1.807) is 0 Å². The van der Waals surface area contributed by atoms with E-state index in [1.165, 1.54) is 30.5 Å². The molecule has 32 heavy (non-hydrogen) atoms. The van der Waals surface area contributed by atoms with Gasteiger partial charge < -0.3 is 14.5 Å². The van der Waals surface area contributed by atoms with E-state index in [1.807, 2.05) is 55.4 Å². The molecule has 5 nitrogen and oxygen atoms in total. The Bertz CT molecular complexity index is 929. The molecule has 2 aromatic carbocycles. The number of likely N-dealkylation sites (N-methyl/N-ethyl adjacent to an activating group) is 1. The third-order valence-electron chi connectivity index (χ3n) is 6.36. The van der Waals surface area contributed by atoms with Gasteiger partial charge in [-0.05, 0) is 68.1 Å². The highest BCUT2D eigenvalue weighted by Gasteiger charge is 2.27. The second-order valence-electron chi connectivity index (χ2n) is 9.32. The van der Waals surface area contributed by atoms with Gasteiger partial charge >= 0.3 is 0 Å². The SMILES string of the molecule is CN(C)CCN(Cc1ccccc1Cl)C(=O)COc1cccc2c1CCN(CC1CC1)C2. The van der Waals surface area contributed by atoms with Crippen LogP contribution < -0.4 is 4.74 Å². The van der Waals surface area contributed by atoms with Crippen molar-refractivity contribution >= 4 is 17.5 Å². The number of benzene rings is 2. The topological polar surface area (TPSA) is 36.0 Å². The van der Waals surface area contributed by atoms with E-state index >= 15 is 0 Å². The summed E-state index contributed by atoms with van der Waals surface area (Å²) in [6, 6.07) is 13.9. The van der Waals surface area contributed by atoms with Gasteiger partial charge in [-0.15, -0.1) is 0 Å².